The molecule has 1 fully saturated rings. The molecular formula is C12H18F3N3O. The second-order valence-electron chi connectivity index (χ2n) is 4.95. The summed E-state index contributed by atoms with van der Waals surface area (Å²) in [5.41, 5.74) is 0. The highest BCUT2D eigenvalue weighted by molar-refractivity contribution is 4.93. The molecule has 1 saturated heterocycles. The topological polar surface area (TPSA) is 42.2 Å². The van der Waals surface area contributed by atoms with Crippen molar-refractivity contribution in [2.75, 3.05) is 13.1 Å². The van der Waals surface area contributed by atoms with Gasteiger partial charge in [-0.3, -0.25) is 4.90 Å². The van der Waals surface area contributed by atoms with E-state index < -0.39 is 12.1 Å². The normalized spacial score (nSPS) is 23.5. The lowest BCUT2D eigenvalue weighted by molar-refractivity contribution is -0.188. The molecule has 1 aromatic rings. The van der Waals surface area contributed by atoms with E-state index >= 15 is 0 Å². The predicted molar refractivity (Wildman–Crippen MR) is 62.4 cm³/mol. The van der Waals surface area contributed by atoms with Crippen LogP contribution in [0.2, 0.25) is 0 Å². The van der Waals surface area contributed by atoms with Gasteiger partial charge in [0, 0.05) is 13.0 Å². The zero-order valence-electron chi connectivity index (χ0n) is 11.1. The van der Waals surface area contributed by atoms with E-state index in [-0.39, 0.29) is 19.0 Å². The van der Waals surface area contributed by atoms with Gasteiger partial charge in [-0.2, -0.15) is 18.2 Å². The lowest BCUT2D eigenvalue weighted by atomic mass is 9.96. The minimum Gasteiger partial charge on any atom is -0.338 e. The molecule has 0 saturated carbocycles. The number of aryl methyl sites for hydroxylation is 1. The quantitative estimate of drug-likeness (QED) is 0.852. The van der Waals surface area contributed by atoms with Crippen LogP contribution in [0, 0.1) is 5.92 Å². The van der Waals surface area contributed by atoms with Crippen LogP contribution in [-0.4, -0.2) is 34.3 Å². The van der Waals surface area contributed by atoms with Crippen LogP contribution in [0.5, 0.6) is 0 Å². The second kappa shape index (κ2) is 5.48. The molecule has 0 unspecified atom stereocenters. The van der Waals surface area contributed by atoms with Crippen molar-refractivity contribution in [2.45, 2.75) is 45.3 Å². The van der Waals surface area contributed by atoms with Gasteiger partial charge in [-0.1, -0.05) is 12.1 Å². The van der Waals surface area contributed by atoms with Gasteiger partial charge in [0.15, 0.2) is 5.82 Å². The molecule has 0 spiro atoms. The van der Waals surface area contributed by atoms with Crippen molar-refractivity contribution in [2.24, 2.45) is 5.92 Å². The van der Waals surface area contributed by atoms with Crippen LogP contribution >= 0.6 is 0 Å². The Labute approximate surface area is 110 Å². The summed E-state index contributed by atoms with van der Waals surface area (Å²) in [6.07, 6.45) is -2.72. The van der Waals surface area contributed by atoms with Gasteiger partial charge < -0.3 is 4.52 Å². The van der Waals surface area contributed by atoms with Crippen molar-refractivity contribution in [1.29, 1.82) is 0 Å². The predicted octanol–water partition coefficient (Wildman–Crippen LogP) is 2.97. The Balaban J connectivity index is 2.04. The van der Waals surface area contributed by atoms with Crippen molar-refractivity contribution >= 4 is 0 Å². The molecule has 1 aliphatic heterocycles. The number of likely N-dealkylation sites (tertiary alicyclic amines) is 1. The average Bonchev–Trinajstić information content (AvgIpc) is 2.86. The maximum absolute atomic E-state index is 12.8. The summed E-state index contributed by atoms with van der Waals surface area (Å²) in [5, 5.41) is 3.78. The second-order valence-corrected chi connectivity index (χ2v) is 4.95. The number of nitrogens with zero attached hydrogens (tertiary/aromatic N) is 3. The molecule has 1 aliphatic rings. The third-order valence-corrected chi connectivity index (χ3v) is 3.62. The minimum atomic E-state index is -4.12. The van der Waals surface area contributed by atoms with E-state index in [1.54, 1.807) is 4.90 Å². The largest absolute Gasteiger partial charge is 0.393 e. The standard InChI is InChI=1S/C12H18F3N3O/c1-3-10-16-11(19-17-10)8(2)18-6-4-5-9(7-18)12(13,14)15/h8-9H,3-7H2,1-2H3/t8-,9+/m1/s1. The Hall–Kier alpha value is -1.11. The SMILES string of the molecule is CCc1noc([C@@H](C)N2CCC[C@H](C(F)(F)F)C2)n1. The Morgan fingerprint density at radius 2 is 2.21 bits per heavy atom. The van der Waals surface area contributed by atoms with Crippen LogP contribution in [0.15, 0.2) is 4.52 Å². The summed E-state index contributed by atoms with van der Waals surface area (Å²) >= 11 is 0. The van der Waals surface area contributed by atoms with Gasteiger partial charge in [-0.05, 0) is 26.3 Å². The molecule has 0 bridgehead atoms. The third kappa shape index (κ3) is 3.26. The number of halogens is 3. The highest BCUT2D eigenvalue weighted by Crippen LogP contribution is 2.35. The van der Waals surface area contributed by atoms with E-state index in [0.717, 1.165) is 0 Å². The zero-order valence-corrected chi connectivity index (χ0v) is 11.1. The van der Waals surface area contributed by atoms with E-state index in [1.165, 1.54) is 0 Å². The Morgan fingerprint density at radius 1 is 1.47 bits per heavy atom. The van der Waals surface area contributed by atoms with E-state index in [2.05, 4.69) is 10.1 Å². The molecular weight excluding hydrogens is 259 g/mol. The van der Waals surface area contributed by atoms with Crippen molar-refractivity contribution in [1.82, 2.24) is 15.0 Å². The van der Waals surface area contributed by atoms with Crippen LogP contribution in [0.1, 0.15) is 44.4 Å². The number of rotatable bonds is 3. The Morgan fingerprint density at radius 3 is 2.79 bits per heavy atom. The lowest BCUT2D eigenvalue weighted by Gasteiger charge is -2.36. The molecule has 0 aliphatic carbocycles. The minimum absolute atomic E-state index is 0.00844. The molecule has 7 heteroatoms. The molecule has 19 heavy (non-hydrogen) atoms. The molecule has 4 nitrogen and oxygen atoms in total. The van der Waals surface area contributed by atoms with Crippen LogP contribution in [0.3, 0.4) is 0 Å². The van der Waals surface area contributed by atoms with E-state index in [4.69, 9.17) is 4.52 Å². The third-order valence-electron chi connectivity index (χ3n) is 3.62. The van der Waals surface area contributed by atoms with E-state index in [1.807, 2.05) is 13.8 Å². The van der Waals surface area contributed by atoms with Crippen molar-refractivity contribution < 1.29 is 17.7 Å². The van der Waals surface area contributed by atoms with Crippen LogP contribution in [0.25, 0.3) is 0 Å². The first-order chi connectivity index (χ1) is 8.91. The number of alkyl halides is 3. The van der Waals surface area contributed by atoms with Crippen molar-refractivity contribution in [3.8, 4) is 0 Å². The maximum Gasteiger partial charge on any atom is 0.393 e. The first kappa shape index (κ1) is 14.3. The molecule has 0 N–H and O–H groups in total. The van der Waals surface area contributed by atoms with Gasteiger partial charge in [-0.15, -0.1) is 0 Å². The molecule has 1 aromatic heterocycles. The maximum atomic E-state index is 12.8. The monoisotopic (exact) mass is 277 g/mol. The first-order valence-electron chi connectivity index (χ1n) is 6.55. The number of hydrogen-bond donors (Lipinski definition) is 0. The van der Waals surface area contributed by atoms with Gasteiger partial charge in [0.2, 0.25) is 5.89 Å². The van der Waals surface area contributed by atoms with Crippen LogP contribution in [-0.2, 0) is 6.42 Å². The summed E-state index contributed by atoms with van der Waals surface area (Å²) in [7, 11) is 0. The smallest absolute Gasteiger partial charge is 0.338 e. The summed E-state index contributed by atoms with van der Waals surface area (Å²) in [6, 6.07) is -0.266. The number of hydrogen-bond acceptors (Lipinski definition) is 4. The van der Waals surface area contributed by atoms with E-state index in [0.29, 0.717) is 31.1 Å². The average molecular weight is 277 g/mol. The fourth-order valence-electron chi connectivity index (χ4n) is 2.36. The highest BCUT2D eigenvalue weighted by Gasteiger charge is 2.43. The molecule has 2 heterocycles. The summed E-state index contributed by atoms with van der Waals surface area (Å²) in [4.78, 5) is 5.96. The Bertz CT molecular complexity index is 419. The van der Waals surface area contributed by atoms with Gasteiger partial charge in [-0.25, -0.2) is 0 Å². The molecule has 0 aromatic carbocycles. The lowest BCUT2D eigenvalue weighted by Crippen LogP contribution is -2.42. The fraction of sp³-hybridized carbons (Fsp3) is 0.833. The summed E-state index contributed by atoms with van der Waals surface area (Å²) < 4.78 is 43.4. The van der Waals surface area contributed by atoms with Gasteiger partial charge in [0.1, 0.15) is 0 Å². The van der Waals surface area contributed by atoms with Gasteiger partial charge in [0.25, 0.3) is 0 Å². The number of piperidine rings is 1. The van der Waals surface area contributed by atoms with Crippen molar-refractivity contribution in [3.05, 3.63) is 11.7 Å². The van der Waals surface area contributed by atoms with Crippen LogP contribution < -0.4 is 0 Å². The molecule has 2 rings (SSSR count). The highest BCUT2D eigenvalue weighted by atomic mass is 19.4. The van der Waals surface area contributed by atoms with Gasteiger partial charge in [0.05, 0.1) is 12.0 Å². The Kier molecular flexibility index (Phi) is 4.13. The molecule has 108 valence electrons. The summed E-state index contributed by atoms with van der Waals surface area (Å²) in [5.74, 6) is -0.261. The van der Waals surface area contributed by atoms with Gasteiger partial charge >= 0.3 is 6.18 Å². The molecule has 0 radical (unpaired) electrons. The fourth-order valence-corrected chi connectivity index (χ4v) is 2.36. The zero-order chi connectivity index (χ0) is 14.0. The van der Waals surface area contributed by atoms with Crippen molar-refractivity contribution in [3.63, 3.8) is 0 Å². The molecule has 2 atom stereocenters. The first-order valence-corrected chi connectivity index (χ1v) is 6.55. The molecule has 0 amide bonds. The van der Waals surface area contributed by atoms with Crippen LogP contribution in [0.4, 0.5) is 13.2 Å². The number of aromatic nitrogens is 2. The van der Waals surface area contributed by atoms with E-state index in [9.17, 15) is 13.2 Å². The summed E-state index contributed by atoms with van der Waals surface area (Å²) in [6.45, 7) is 4.36.